The van der Waals surface area contributed by atoms with E-state index in [4.69, 9.17) is 37.8 Å². The lowest BCUT2D eigenvalue weighted by atomic mass is 9.94. The minimum absolute atomic E-state index is 0.117. The van der Waals surface area contributed by atoms with Gasteiger partial charge in [0, 0.05) is 27.9 Å². The Morgan fingerprint density at radius 3 is 2.60 bits per heavy atom. The summed E-state index contributed by atoms with van der Waals surface area (Å²) in [5, 5.41) is 19.7. The number of ether oxygens (including phenoxy) is 2. The van der Waals surface area contributed by atoms with Crippen molar-refractivity contribution >= 4 is 39.2 Å². The van der Waals surface area contributed by atoms with Crippen LogP contribution in [0.3, 0.4) is 0 Å². The monoisotopic (exact) mass is 473 g/mol. The zero-order valence-electron chi connectivity index (χ0n) is 15.3. The SMILES string of the molecule is O=C(O)COc1cccc2c1OC1CC(O)C(NS(=O)(=O)c3cc(Cl)cc(Cl)c3)C21. The predicted molar refractivity (Wildman–Crippen MR) is 108 cm³/mol. The maximum absolute atomic E-state index is 12.9. The third-order valence-electron chi connectivity index (χ3n) is 5.10. The van der Waals surface area contributed by atoms with Crippen molar-refractivity contribution in [3.8, 4) is 11.5 Å². The van der Waals surface area contributed by atoms with E-state index in [1.165, 1.54) is 18.2 Å². The minimum Gasteiger partial charge on any atom is -0.485 e. The quantitative estimate of drug-likeness (QED) is 0.588. The van der Waals surface area contributed by atoms with Gasteiger partial charge < -0.3 is 19.7 Å². The molecule has 1 saturated carbocycles. The molecule has 8 nitrogen and oxygen atoms in total. The molecule has 2 aromatic carbocycles. The molecule has 30 heavy (non-hydrogen) atoms. The summed E-state index contributed by atoms with van der Waals surface area (Å²) in [6.07, 6.45) is -1.28. The number of hydrogen-bond acceptors (Lipinski definition) is 6. The van der Waals surface area contributed by atoms with E-state index in [0.29, 0.717) is 11.3 Å². The summed E-state index contributed by atoms with van der Waals surface area (Å²) in [5.41, 5.74) is 0.635. The molecule has 1 aliphatic carbocycles. The van der Waals surface area contributed by atoms with Gasteiger partial charge in [-0.05, 0) is 24.3 Å². The fourth-order valence-corrected chi connectivity index (χ4v) is 5.94. The van der Waals surface area contributed by atoms with Crippen molar-refractivity contribution < 1.29 is 32.9 Å². The van der Waals surface area contributed by atoms with Gasteiger partial charge in [-0.25, -0.2) is 17.9 Å². The molecule has 0 radical (unpaired) electrons. The lowest BCUT2D eigenvalue weighted by molar-refractivity contribution is -0.139. The molecule has 0 amide bonds. The minimum atomic E-state index is -4.04. The second-order valence-corrected chi connectivity index (χ2v) is 9.68. The molecule has 1 aliphatic heterocycles. The summed E-state index contributed by atoms with van der Waals surface area (Å²) >= 11 is 11.9. The summed E-state index contributed by atoms with van der Waals surface area (Å²) in [5.74, 6) is -1.00. The van der Waals surface area contributed by atoms with Crippen LogP contribution >= 0.6 is 23.2 Å². The van der Waals surface area contributed by atoms with Crippen molar-refractivity contribution in [3.63, 3.8) is 0 Å². The Morgan fingerprint density at radius 1 is 1.23 bits per heavy atom. The summed E-state index contributed by atoms with van der Waals surface area (Å²) < 4.78 is 39.6. The van der Waals surface area contributed by atoms with Gasteiger partial charge in [0.2, 0.25) is 10.0 Å². The van der Waals surface area contributed by atoms with Crippen molar-refractivity contribution in [2.75, 3.05) is 6.61 Å². The number of aliphatic carboxylic acids is 1. The van der Waals surface area contributed by atoms with Gasteiger partial charge in [0.05, 0.1) is 17.0 Å². The van der Waals surface area contributed by atoms with Gasteiger partial charge in [-0.1, -0.05) is 35.3 Å². The van der Waals surface area contributed by atoms with Gasteiger partial charge in [0.1, 0.15) is 6.10 Å². The zero-order chi connectivity index (χ0) is 21.6. The van der Waals surface area contributed by atoms with Gasteiger partial charge in [0.25, 0.3) is 0 Å². The van der Waals surface area contributed by atoms with Crippen LogP contribution < -0.4 is 14.2 Å². The summed E-state index contributed by atoms with van der Waals surface area (Å²) in [7, 11) is -4.04. The van der Waals surface area contributed by atoms with Crippen molar-refractivity contribution in [2.45, 2.75) is 35.5 Å². The Labute approximate surface area is 182 Å². The molecule has 1 fully saturated rings. The third-order valence-corrected chi connectivity index (χ3v) is 6.98. The lowest BCUT2D eigenvalue weighted by Gasteiger charge is -2.22. The van der Waals surface area contributed by atoms with Crippen molar-refractivity contribution in [1.29, 1.82) is 0 Å². The first-order valence-electron chi connectivity index (χ1n) is 8.96. The van der Waals surface area contributed by atoms with Crippen LogP contribution in [-0.4, -0.2) is 49.5 Å². The molecule has 1 heterocycles. The highest BCUT2D eigenvalue weighted by Crippen LogP contribution is 2.51. The number of halogens is 2. The van der Waals surface area contributed by atoms with Gasteiger partial charge in [-0.15, -0.1) is 0 Å². The number of sulfonamides is 1. The number of carbonyl (C=O) groups is 1. The zero-order valence-corrected chi connectivity index (χ0v) is 17.6. The first-order valence-corrected chi connectivity index (χ1v) is 11.2. The predicted octanol–water partition coefficient (Wildman–Crippen LogP) is 2.41. The van der Waals surface area contributed by atoms with Crippen LogP contribution in [0.4, 0.5) is 0 Å². The van der Waals surface area contributed by atoms with E-state index in [0.717, 1.165) is 0 Å². The van der Waals surface area contributed by atoms with Crippen LogP contribution in [0.5, 0.6) is 11.5 Å². The largest absolute Gasteiger partial charge is 0.485 e. The van der Waals surface area contributed by atoms with Crippen molar-refractivity contribution in [1.82, 2.24) is 4.72 Å². The number of carboxylic acids is 1. The molecule has 4 atom stereocenters. The summed E-state index contributed by atoms with van der Waals surface area (Å²) in [4.78, 5) is 10.7. The molecule has 2 aliphatic rings. The van der Waals surface area contributed by atoms with Gasteiger partial charge in [0.15, 0.2) is 18.1 Å². The highest BCUT2D eigenvalue weighted by atomic mass is 35.5. The van der Waals surface area contributed by atoms with E-state index in [1.54, 1.807) is 18.2 Å². The molecular formula is C19H17Cl2NO7S. The maximum Gasteiger partial charge on any atom is 0.341 e. The molecule has 0 spiro atoms. The Balaban J connectivity index is 1.64. The summed E-state index contributed by atoms with van der Waals surface area (Å²) in [6.45, 7) is -0.538. The Bertz CT molecular complexity index is 1090. The second-order valence-electron chi connectivity index (χ2n) is 7.09. The Kier molecular flexibility index (Phi) is 5.58. The number of nitrogens with one attached hydrogen (secondary N) is 1. The molecule has 11 heteroatoms. The molecular weight excluding hydrogens is 457 g/mol. The second kappa shape index (κ2) is 7.90. The van der Waals surface area contributed by atoms with Gasteiger partial charge in [-0.2, -0.15) is 0 Å². The molecule has 0 bridgehead atoms. The molecule has 4 rings (SSSR count). The Hall–Kier alpha value is -2.04. The fraction of sp³-hybridized carbons (Fsp3) is 0.316. The van der Waals surface area contributed by atoms with Crippen LogP contribution in [0, 0.1) is 0 Å². The topological polar surface area (TPSA) is 122 Å². The number of fused-ring (bicyclic) bond motifs is 3. The average Bonchev–Trinajstić information content (AvgIpc) is 3.15. The van der Waals surface area contributed by atoms with Crippen molar-refractivity contribution in [2.24, 2.45) is 0 Å². The smallest absolute Gasteiger partial charge is 0.341 e. The van der Waals surface area contributed by atoms with Gasteiger partial charge in [-0.3, -0.25) is 0 Å². The number of aliphatic hydroxyl groups excluding tert-OH is 1. The number of carboxylic acid groups (broad SMARTS) is 1. The fourth-order valence-electron chi connectivity index (χ4n) is 3.93. The number of para-hydroxylation sites is 1. The van der Waals surface area contributed by atoms with Crippen LogP contribution in [0.1, 0.15) is 17.9 Å². The van der Waals surface area contributed by atoms with Crippen LogP contribution in [0.15, 0.2) is 41.3 Å². The van der Waals surface area contributed by atoms with E-state index >= 15 is 0 Å². The summed E-state index contributed by atoms with van der Waals surface area (Å²) in [6, 6.07) is 8.07. The molecule has 160 valence electrons. The number of benzene rings is 2. The van der Waals surface area contributed by atoms with E-state index in [1.807, 2.05) is 0 Å². The molecule has 0 saturated heterocycles. The average molecular weight is 474 g/mol. The van der Waals surface area contributed by atoms with Crippen LogP contribution in [0.2, 0.25) is 10.0 Å². The lowest BCUT2D eigenvalue weighted by Crippen LogP contribution is -2.43. The first kappa shape index (κ1) is 21.2. The van der Waals surface area contributed by atoms with E-state index in [9.17, 15) is 18.3 Å². The van der Waals surface area contributed by atoms with Crippen molar-refractivity contribution in [3.05, 3.63) is 52.0 Å². The molecule has 3 N–H and O–H groups in total. The first-order chi connectivity index (χ1) is 14.2. The highest BCUT2D eigenvalue weighted by Gasteiger charge is 2.51. The maximum atomic E-state index is 12.9. The van der Waals surface area contributed by atoms with E-state index in [-0.39, 0.29) is 27.1 Å². The third kappa shape index (κ3) is 3.95. The van der Waals surface area contributed by atoms with Gasteiger partial charge >= 0.3 is 5.97 Å². The van der Waals surface area contributed by atoms with E-state index < -0.39 is 46.8 Å². The van der Waals surface area contributed by atoms with Crippen LogP contribution in [-0.2, 0) is 14.8 Å². The standard InChI is InChI=1S/C19H17Cl2NO7S/c20-9-4-10(21)6-11(5-9)30(26,27)22-18-13(23)7-15-17(18)12-2-1-3-14(19(12)29-15)28-8-16(24)25/h1-6,13,15,17-18,22-23H,7-8H2,(H,24,25). The number of aliphatic hydroxyl groups is 1. The van der Waals surface area contributed by atoms with Crippen LogP contribution in [0.25, 0.3) is 0 Å². The number of hydrogen-bond donors (Lipinski definition) is 3. The highest BCUT2D eigenvalue weighted by molar-refractivity contribution is 7.89. The Morgan fingerprint density at radius 2 is 1.93 bits per heavy atom. The molecule has 4 unspecified atom stereocenters. The normalized spacial score (nSPS) is 24.8. The molecule has 2 aromatic rings. The van der Waals surface area contributed by atoms with E-state index in [2.05, 4.69) is 4.72 Å². The number of rotatable bonds is 6. The molecule has 0 aromatic heterocycles.